The van der Waals surface area contributed by atoms with Crippen molar-refractivity contribution >= 4 is 27.6 Å². The molecule has 5 aromatic rings. The molecule has 244 valence electrons. The molecule has 0 atom stereocenters. The number of morpholine rings is 1. The van der Waals surface area contributed by atoms with Gasteiger partial charge < -0.3 is 23.9 Å². The van der Waals surface area contributed by atoms with Crippen LogP contribution in [0.4, 0.5) is 0 Å². The van der Waals surface area contributed by atoms with Crippen molar-refractivity contribution in [2.75, 3.05) is 46.1 Å². The van der Waals surface area contributed by atoms with Gasteiger partial charge >= 0.3 is 5.97 Å². The van der Waals surface area contributed by atoms with Crippen LogP contribution in [-0.4, -0.2) is 76.4 Å². The molecule has 2 aromatic heterocycles. The third kappa shape index (κ3) is 6.31. The van der Waals surface area contributed by atoms with E-state index in [4.69, 9.17) is 19.3 Å². The van der Waals surface area contributed by atoms with Gasteiger partial charge in [0.05, 0.1) is 56.5 Å². The summed E-state index contributed by atoms with van der Waals surface area (Å²) in [6.45, 7) is 8.92. The number of carboxylic acid groups (broad SMARTS) is 1. The van der Waals surface area contributed by atoms with Gasteiger partial charge in [0.2, 0.25) is 0 Å². The average molecular weight is 635 g/mol. The molecule has 0 radical (unpaired) electrons. The number of aromatic carboxylic acids is 1. The Morgan fingerprint density at radius 2 is 1.77 bits per heavy atom. The van der Waals surface area contributed by atoms with Crippen LogP contribution in [0.5, 0.6) is 5.75 Å². The predicted octanol–water partition coefficient (Wildman–Crippen LogP) is 6.35. The number of hydrogen-bond acceptors (Lipinski definition) is 6. The van der Waals surface area contributed by atoms with Crippen molar-refractivity contribution in [2.45, 2.75) is 45.9 Å². The average Bonchev–Trinajstić information content (AvgIpc) is 3.61. The van der Waals surface area contributed by atoms with Gasteiger partial charge in [-0.1, -0.05) is 73.7 Å². The summed E-state index contributed by atoms with van der Waals surface area (Å²) in [6.07, 6.45) is 6.02. The highest BCUT2D eigenvalue weighted by molar-refractivity contribution is 6.04. The lowest BCUT2D eigenvalue weighted by atomic mass is 9.97. The van der Waals surface area contributed by atoms with E-state index in [0.717, 1.165) is 101 Å². The molecule has 9 heteroatoms. The molecule has 2 aliphatic rings. The number of fused-ring (bicyclic) bond motifs is 3. The summed E-state index contributed by atoms with van der Waals surface area (Å²) in [5, 5.41) is 18.9. The second-order valence-electron chi connectivity index (χ2n) is 12.2. The summed E-state index contributed by atoms with van der Waals surface area (Å²) in [4.78, 5) is 15.4. The zero-order valence-corrected chi connectivity index (χ0v) is 27.0. The second-order valence-corrected chi connectivity index (χ2v) is 12.2. The first-order chi connectivity index (χ1) is 23.1. The molecule has 1 saturated heterocycles. The molecule has 0 unspecified atom stereocenters. The summed E-state index contributed by atoms with van der Waals surface area (Å²) in [5.41, 5.74) is 6.21. The lowest BCUT2D eigenvalue weighted by molar-refractivity contribution is 0.0355. The quantitative estimate of drug-likeness (QED) is 0.141. The minimum atomic E-state index is -0.922. The molecule has 47 heavy (non-hydrogen) atoms. The van der Waals surface area contributed by atoms with Gasteiger partial charge in [0.15, 0.2) is 0 Å². The Labute approximate surface area is 274 Å². The first kappa shape index (κ1) is 31.2. The lowest BCUT2D eigenvalue weighted by Gasteiger charge is -2.26. The van der Waals surface area contributed by atoms with Crippen molar-refractivity contribution in [1.29, 1.82) is 0 Å². The van der Waals surface area contributed by atoms with Crippen molar-refractivity contribution in [3.8, 4) is 16.9 Å². The molecule has 0 amide bonds. The van der Waals surface area contributed by atoms with Gasteiger partial charge in [-0.3, -0.25) is 9.58 Å². The van der Waals surface area contributed by atoms with Gasteiger partial charge in [-0.2, -0.15) is 5.10 Å². The van der Waals surface area contributed by atoms with Gasteiger partial charge in [0.25, 0.3) is 0 Å². The minimum Gasteiger partial charge on any atom is -0.493 e. The number of carbonyl (C=O) groups is 1. The second kappa shape index (κ2) is 14.1. The molecule has 0 saturated carbocycles. The zero-order chi connectivity index (χ0) is 32.2. The normalized spacial score (nSPS) is 16.2. The van der Waals surface area contributed by atoms with Gasteiger partial charge in [0.1, 0.15) is 11.4 Å². The molecule has 1 N–H and O–H groups in total. The monoisotopic (exact) mass is 634 g/mol. The van der Waals surface area contributed by atoms with Crippen molar-refractivity contribution < 1.29 is 24.1 Å². The molecule has 7 rings (SSSR count). The fraction of sp³-hybridized carbons (Fsp3) is 0.368. The highest BCUT2D eigenvalue weighted by Crippen LogP contribution is 2.39. The van der Waals surface area contributed by atoms with Gasteiger partial charge in [0, 0.05) is 48.1 Å². The van der Waals surface area contributed by atoms with E-state index in [0.29, 0.717) is 44.9 Å². The number of allylic oxidation sites excluding steroid dienone is 1. The van der Waals surface area contributed by atoms with Crippen molar-refractivity contribution in [1.82, 2.24) is 19.2 Å². The van der Waals surface area contributed by atoms with E-state index in [-0.39, 0.29) is 0 Å². The maximum absolute atomic E-state index is 13.0. The van der Waals surface area contributed by atoms with E-state index >= 15 is 0 Å². The number of ether oxygens (including phenoxy) is 3. The Balaban J connectivity index is 1.26. The summed E-state index contributed by atoms with van der Waals surface area (Å²) in [7, 11) is 0. The molecule has 0 spiro atoms. The van der Waals surface area contributed by atoms with Crippen LogP contribution in [0.3, 0.4) is 0 Å². The number of aromatic nitrogens is 3. The molecule has 1 fully saturated rings. The van der Waals surface area contributed by atoms with E-state index < -0.39 is 5.97 Å². The highest BCUT2D eigenvalue weighted by atomic mass is 16.5. The molecular weight excluding hydrogens is 592 g/mol. The van der Waals surface area contributed by atoms with Crippen molar-refractivity contribution in [3.63, 3.8) is 0 Å². The van der Waals surface area contributed by atoms with Crippen molar-refractivity contribution in [2.24, 2.45) is 0 Å². The number of nitrogens with zero attached hydrogens (tertiary/aromatic N) is 4. The van der Waals surface area contributed by atoms with Crippen LogP contribution in [0.25, 0.3) is 32.8 Å². The Bertz CT molecular complexity index is 1910. The Morgan fingerprint density at radius 3 is 2.62 bits per heavy atom. The summed E-state index contributed by atoms with van der Waals surface area (Å²) in [5.74, 6) is -0.0767. The fourth-order valence-electron chi connectivity index (χ4n) is 7.09. The van der Waals surface area contributed by atoms with Crippen LogP contribution in [0.1, 0.15) is 40.8 Å². The fourth-order valence-corrected chi connectivity index (χ4v) is 7.09. The SMILES string of the molecule is CCc1nn(CCN2CCOCC2)c2c1-c1cccc3c(CCCOc4cccc5ccccc45)c(C(=O)O)n(c13)C/C=C\COC2. The summed E-state index contributed by atoms with van der Waals surface area (Å²) >= 11 is 0. The molecule has 0 bridgehead atoms. The minimum absolute atomic E-state index is 0.335. The van der Waals surface area contributed by atoms with Crippen LogP contribution in [0, 0.1) is 0 Å². The first-order valence-corrected chi connectivity index (χ1v) is 16.7. The number of hydrogen-bond donors (Lipinski definition) is 1. The molecule has 3 aromatic carbocycles. The highest BCUT2D eigenvalue weighted by Gasteiger charge is 2.28. The van der Waals surface area contributed by atoms with E-state index in [1.54, 1.807) is 0 Å². The largest absolute Gasteiger partial charge is 0.493 e. The summed E-state index contributed by atoms with van der Waals surface area (Å²) in [6, 6.07) is 20.5. The van der Waals surface area contributed by atoms with E-state index in [2.05, 4.69) is 46.8 Å². The number of benzene rings is 3. The third-order valence-electron chi connectivity index (χ3n) is 9.34. The smallest absolute Gasteiger partial charge is 0.352 e. The van der Waals surface area contributed by atoms with Gasteiger partial charge in [-0.15, -0.1) is 0 Å². The number of aryl methyl sites for hydroxylation is 2. The van der Waals surface area contributed by atoms with Crippen LogP contribution in [0.15, 0.2) is 72.8 Å². The Hall–Kier alpha value is -4.44. The maximum Gasteiger partial charge on any atom is 0.352 e. The van der Waals surface area contributed by atoms with Crippen LogP contribution in [0.2, 0.25) is 0 Å². The third-order valence-corrected chi connectivity index (χ3v) is 9.34. The topological polar surface area (TPSA) is 91.0 Å². The van der Waals surface area contributed by atoms with Crippen LogP contribution < -0.4 is 4.74 Å². The van der Waals surface area contributed by atoms with Gasteiger partial charge in [-0.25, -0.2) is 4.79 Å². The number of rotatable bonds is 10. The van der Waals surface area contributed by atoms with E-state index in [1.165, 1.54) is 0 Å². The molecule has 9 nitrogen and oxygen atoms in total. The van der Waals surface area contributed by atoms with E-state index in [9.17, 15) is 9.90 Å². The van der Waals surface area contributed by atoms with Gasteiger partial charge in [-0.05, 0) is 36.3 Å². The maximum atomic E-state index is 13.0. The molecule has 2 aliphatic heterocycles. The molecule has 0 aliphatic carbocycles. The first-order valence-electron chi connectivity index (χ1n) is 16.7. The lowest BCUT2D eigenvalue weighted by Crippen LogP contribution is -2.38. The van der Waals surface area contributed by atoms with E-state index in [1.807, 2.05) is 47.1 Å². The zero-order valence-electron chi connectivity index (χ0n) is 27.0. The van der Waals surface area contributed by atoms with Crippen molar-refractivity contribution in [3.05, 3.63) is 95.5 Å². The number of para-hydroxylation sites is 1. The predicted molar refractivity (Wildman–Crippen MR) is 183 cm³/mol. The van der Waals surface area contributed by atoms with Crippen LogP contribution >= 0.6 is 0 Å². The van der Waals surface area contributed by atoms with Crippen LogP contribution in [-0.2, 0) is 42.0 Å². The Kier molecular flexibility index (Phi) is 9.37. The number of carboxylic acids is 1. The Morgan fingerprint density at radius 1 is 0.957 bits per heavy atom. The standard InChI is InChI=1S/C38H42N4O5/c1-2-32-35-31-14-8-13-29-30(15-9-23-47-34-16-7-11-27-10-3-4-12-28(27)34)37(38(43)44)41(36(29)31)17-5-6-22-46-26-33(35)42(39-32)19-18-40-20-24-45-25-21-40/h3-8,10-14,16H,2,9,15,17-26H2,1H3,(H,43,44)/b6-5-. The summed E-state index contributed by atoms with van der Waals surface area (Å²) < 4.78 is 22.1. The molecular formula is C38H42N4O5. The molecule has 4 heterocycles.